The Morgan fingerprint density at radius 2 is 1.65 bits per heavy atom. The van der Waals surface area contributed by atoms with Crippen molar-refractivity contribution < 1.29 is 19.4 Å². The molecule has 1 aromatic heterocycles. The maximum atomic E-state index is 14.0. The largest absolute Gasteiger partial charge is 0.507 e. The van der Waals surface area contributed by atoms with Gasteiger partial charge >= 0.3 is 5.97 Å². The minimum atomic E-state index is -0.696. The van der Waals surface area contributed by atoms with E-state index >= 15 is 0 Å². The Morgan fingerprint density at radius 1 is 1.07 bits per heavy atom. The van der Waals surface area contributed by atoms with Gasteiger partial charge in [-0.3, -0.25) is 9.36 Å². The normalized spacial score (nSPS) is 16.0. The lowest BCUT2D eigenvalue weighted by molar-refractivity contribution is -0.139. The first-order chi connectivity index (χ1) is 18.7. The number of aromatic hydroxyl groups is 1. The summed E-state index contributed by atoms with van der Waals surface area (Å²) in [6, 6.07) is 10.5. The summed E-state index contributed by atoms with van der Waals surface area (Å²) < 4.78 is 12.8. The Labute approximate surface area is 239 Å². The van der Waals surface area contributed by atoms with Crippen LogP contribution in [-0.2, 0) is 20.4 Å². The van der Waals surface area contributed by atoms with Crippen LogP contribution in [0, 0.1) is 0 Å². The van der Waals surface area contributed by atoms with E-state index in [0.29, 0.717) is 26.4 Å². The van der Waals surface area contributed by atoms with Crippen LogP contribution in [0.15, 0.2) is 57.5 Å². The second kappa shape index (κ2) is 10.7. The van der Waals surface area contributed by atoms with Crippen molar-refractivity contribution >= 4 is 23.4 Å². The summed E-state index contributed by atoms with van der Waals surface area (Å²) in [6.45, 7) is 16.1. The number of fused-ring (bicyclic) bond motifs is 1. The molecule has 0 aliphatic carbocycles. The average molecular weight is 563 g/mol. The van der Waals surface area contributed by atoms with E-state index in [-0.39, 0.29) is 28.7 Å². The molecule has 0 bridgehead atoms. The van der Waals surface area contributed by atoms with Gasteiger partial charge in [0.05, 0.1) is 35.6 Å². The van der Waals surface area contributed by atoms with Crippen LogP contribution < -0.4 is 19.6 Å². The number of esters is 1. The van der Waals surface area contributed by atoms with Gasteiger partial charge in [-0.25, -0.2) is 9.79 Å². The molecule has 1 aliphatic rings. The molecule has 0 spiro atoms. The molecule has 7 nitrogen and oxygen atoms in total. The summed E-state index contributed by atoms with van der Waals surface area (Å²) in [5, 5.41) is 11.1. The van der Waals surface area contributed by atoms with Crippen LogP contribution in [0.25, 0.3) is 6.08 Å². The maximum Gasteiger partial charge on any atom is 0.338 e. The number of allylic oxidation sites excluding steroid dienone is 1. The fourth-order valence-electron chi connectivity index (χ4n) is 4.93. The van der Waals surface area contributed by atoms with E-state index in [1.165, 1.54) is 11.3 Å². The van der Waals surface area contributed by atoms with Gasteiger partial charge in [0.1, 0.15) is 11.5 Å². The number of carbonyl (C=O) groups excluding carboxylic acids is 1. The molecular weight excluding hydrogens is 524 g/mol. The fourth-order valence-corrected chi connectivity index (χ4v) is 5.97. The molecule has 2 aromatic carbocycles. The number of nitrogens with zero attached hydrogens (tertiary/aromatic N) is 2. The zero-order chi connectivity index (χ0) is 29.6. The first kappa shape index (κ1) is 29.3. The molecule has 212 valence electrons. The summed E-state index contributed by atoms with van der Waals surface area (Å²) in [5.74, 6) is 0.459. The molecule has 1 unspecified atom stereocenters. The third-order valence-electron chi connectivity index (χ3n) is 6.99. The summed E-state index contributed by atoms with van der Waals surface area (Å²) >= 11 is 1.28. The molecule has 0 saturated heterocycles. The quantitative estimate of drug-likeness (QED) is 0.437. The summed E-state index contributed by atoms with van der Waals surface area (Å²) in [6.07, 6.45) is 1.85. The van der Waals surface area contributed by atoms with Crippen molar-refractivity contribution in [2.24, 2.45) is 4.99 Å². The number of benzene rings is 2. The molecule has 0 radical (unpaired) electrons. The Kier molecular flexibility index (Phi) is 7.87. The lowest BCUT2D eigenvalue weighted by Gasteiger charge is -2.27. The van der Waals surface area contributed by atoms with Crippen molar-refractivity contribution in [3.8, 4) is 11.5 Å². The zero-order valence-electron chi connectivity index (χ0n) is 24.7. The molecule has 40 heavy (non-hydrogen) atoms. The van der Waals surface area contributed by atoms with Crippen molar-refractivity contribution in [3.63, 3.8) is 0 Å². The van der Waals surface area contributed by atoms with Crippen LogP contribution in [0.2, 0.25) is 0 Å². The van der Waals surface area contributed by atoms with Crippen molar-refractivity contribution in [2.75, 3.05) is 13.7 Å². The minimum absolute atomic E-state index is 0.211. The molecule has 3 aromatic rings. The number of hydrogen-bond donors (Lipinski definition) is 1. The number of aromatic nitrogens is 1. The van der Waals surface area contributed by atoms with Crippen LogP contribution in [-0.4, -0.2) is 29.4 Å². The second-order valence-electron chi connectivity index (χ2n) is 12.0. The molecule has 1 N–H and O–H groups in total. The first-order valence-electron chi connectivity index (χ1n) is 13.4. The molecule has 0 fully saturated rings. The number of ether oxygens (including phenoxy) is 2. The van der Waals surface area contributed by atoms with Crippen LogP contribution in [0.5, 0.6) is 11.5 Å². The molecule has 0 amide bonds. The molecule has 4 rings (SSSR count). The van der Waals surface area contributed by atoms with Gasteiger partial charge in [-0.1, -0.05) is 65.0 Å². The van der Waals surface area contributed by atoms with Gasteiger partial charge < -0.3 is 14.6 Å². The SMILES string of the molecule is CCOC(=O)C1=C(C)N=c2sc(=Cc3cc(C(C)(C)C)c(O)c(C(C)(C)C)c3)c(=O)n2C1c1ccc(OC)cc1. The third-order valence-corrected chi connectivity index (χ3v) is 7.98. The third kappa shape index (κ3) is 5.50. The molecule has 8 heteroatoms. The van der Waals surface area contributed by atoms with Crippen molar-refractivity contribution in [2.45, 2.75) is 72.3 Å². The Bertz CT molecular complexity index is 1630. The molecule has 1 atom stereocenters. The van der Waals surface area contributed by atoms with E-state index in [2.05, 4.69) is 46.5 Å². The number of methoxy groups -OCH3 is 1. The van der Waals surface area contributed by atoms with Gasteiger partial charge in [0, 0.05) is 11.1 Å². The highest BCUT2D eigenvalue weighted by molar-refractivity contribution is 7.07. The lowest BCUT2D eigenvalue weighted by Crippen LogP contribution is -2.39. The predicted molar refractivity (Wildman–Crippen MR) is 159 cm³/mol. The van der Waals surface area contributed by atoms with Crippen LogP contribution in [0.3, 0.4) is 0 Å². The van der Waals surface area contributed by atoms with Gasteiger partial charge in [-0.05, 0) is 66.1 Å². The summed E-state index contributed by atoms with van der Waals surface area (Å²) in [7, 11) is 1.59. The standard InChI is InChI=1S/C32H38N2O5S/c1-10-39-29(37)25-18(2)33-30-34(26(25)20-11-13-21(38-9)14-12-20)28(36)24(40-30)17-19-15-22(31(3,4)5)27(35)23(16-19)32(6,7)8/h11-17,26,35H,10H2,1-9H3. The summed E-state index contributed by atoms with van der Waals surface area (Å²) in [4.78, 5) is 32.3. The minimum Gasteiger partial charge on any atom is -0.507 e. The van der Waals surface area contributed by atoms with Crippen molar-refractivity contribution in [1.29, 1.82) is 0 Å². The van der Waals surface area contributed by atoms with E-state index in [1.807, 2.05) is 42.5 Å². The van der Waals surface area contributed by atoms with E-state index in [9.17, 15) is 14.7 Å². The van der Waals surface area contributed by atoms with E-state index in [1.54, 1.807) is 25.5 Å². The lowest BCUT2D eigenvalue weighted by atomic mass is 9.78. The van der Waals surface area contributed by atoms with Crippen molar-refractivity contribution in [3.05, 3.63) is 89.6 Å². The monoisotopic (exact) mass is 562 g/mol. The Balaban J connectivity index is 1.98. The first-order valence-corrected chi connectivity index (χ1v) is 14.2. The van der Waals surface area contributed by atoms with Gasteiger partial charge in [-0.15, -0.1) is 0 Å². The van der Waals surface area contributed by atoms with E-state index in [4.69, 9.17) is 9.47 Å². The fraction of sp³-hybridized carbons (Fsp3) is 0.406. The average Bonchev–Trinajstić information content (AvgIpc) is 3.17. The van der Waals surface area contributed by atoms with Gasteiger partial charge in [-0.2, -0.15) is 0 Å². The number of thiazole rings is 1. The zero-order valence-corrected chi connectivity index (χ0v) is 25.5. The van der Waals surface area contributed by atoms with E-state index < -0.39 is 12.0 Å². The van der Waals surface area contributed by atoms with Crippen LogP contribution in [0.1, 0.15) is 83.7 Å². The number of phenolic OH excluding ortho intramolecular Hbond substituents is 1. The second-order valence-corrected chi connectivity index (χ2v) is 13.0. The van der Waals surface area contributed by atoms with Crippen molar-refractivity contribution in [1.82, 2.24) is 4.57 Å². The van der Waals surface area contributed by atoms with Crippen LogP contribution >= 0.6 is 11.3 Å². The van der Waals surface area contributed by atoms with Gasteiger partial charge in [0.15, 0.2) is 4.80 Å². The highest BCUT2D eigenvalue weighted by atomic mass is 32.1. The van der Waals surface area contributed by atoms with Crippen LogP contribution in [0.4, 0.5) is 0 Å². The highest BCUT2D eigenvalue weighted by Gasteiger charge is 2.33. The maximum absolute atomic E-state index is 14.0. The van der Waals surface area contributed by atoms with Gasteiger partial charge in [0.25, 0.3) is 5.56 Å². The predicted octanol–water partition coefficient (Wildman–Crippen LogP) is 5.11. The number of rotatable bonds is 5. The smallest absolute Gasteiger partial charge is 0.338 e. The highest BCUT2D eigenvalue weighted by Crippen LogP contribution is 2.40. The molecule has 1 aliphatic heterocycles. The van der Waals surface area contributed by atoms with Gasteiger partial charge in [0.2, 0.25) is 0 Å². The topological polar surface area (TPSA) is 90.1 Å². The molecule has 0 saturated carbocycles. The molecular formula is C32H38N2O5S. The Morgan fingerprint density at radius 3 is 2.15 bits per heavy atom. The number of hydrogen-bond acceptors (Lipinski definition) is 7. The summed E-state index contributed by atoms with van der Waals surface area (Å²) in [5.41, 5.74) is 3.19. The Hall–Kier alpha value is -3.65. The molecule has 2 heterocycles. The van der Waals surface area contributed by atoms with E-state index in [0.717, 1.165) is 22.3 Å². The number of carbonyl (C=O) groups is 1. The number of phenols is 1.